The second kappa shape index (κ2) is 27.1. The number of aromatic nitrogens is 5. The maximum absolute atomic E-state index is 12.7. The summed E-state index contributed by atoms with van der Waals surface area (Å²) in [5.74, 6) is -0.674. The first-order valence-electron chi connectivity index (χ1n) is 19.8. The molecule has 24 nitrogen and oxygen atoms in total. The molecule has 0 bridgehead atoms. The van der Waals surface area contributed by atoms with Crippen LogP contribution in [-0.4, -0.2) is 134 Å². The van der Waals surface area contributed by atoms with Gasteiger partial charge in [0.15, 0.2) is 0 Å². The highest BCUT2D eigenvalue weighted by Gasteiger charge is 2.20. The van der Waals surface area contributed by atoms with Gasteiger partial charge in [0, 0.05) is 77.1 Å². The molecular weight excluding hydrogens is 805 g/mol. The smallest absolute Gasteiger partial charge is 0.326 e. The minimum absolute atomic E-state index is 0.00749. The van der Waals surface area contributed by atoms with Crippen molar-refractivity contribution in [3.63, 3.8) is 0 Å². The number of pyridine rings is 2. The molecule has 61 heavy (non-hydrogen) atoms. The number of aryl methyl sites for hydroxylation is 1. The Kier molecular flexibility index (Phi) is 21.6. The maximum atomic E-state index is 12.7. The fraction of sp³-hybridized carbons (Fsp3) is 0.556. The zero-order valence-corrected chi connectivity index (χ0v) is 33.7. The van der Waals surface area contributed by atoms with Gasteiger partial charge in [0.25, 0.3) is 0 Å². The number of aliphatic carboxylic acids is 1. The van der Waals surface area contributed by atoms with Gasteiger partial charge < -0.3 is 47.5 Å². The van der Waals surface area contributed by atoms with Crippen LogP contribution >= 0.6 is 0 Å². The van der Waals surface area contributed by atoms with Crippen molar-refractivity contribution in [3.8, 4) is 0 Å². The number of amides is 3. The lowest BCUT2D eigenvalue weighted by molar-refractivity contribution is -0.384. The number of anilines is 4. The molecule has 3 heterocycles. The van der Waals surface area contributed by atoms with Gasteiger partial charge in [-0.15, -0.1) is 5.10 Å². The van der Waals surface area contributed by atoms with Crippen molar-refractivity contribution in [2.75, 3.05) is 80.3 Å². The van der Waals surface area contributed by atoms with Crippen LogP contribution in [0.4, 0.5) is 43.8 Å². The molecule has 0 aromatic carbocycles. The van der Waals surface area contributed by atoms with Crippen LogP contribution in [0.15, 0.2) is 30.5 Å². The van der Waals surface area contributed by atoms with Crippen molar-refractivity contribution in [2.45, 2.75) is 70.4 Å². The van der Waals surface area contributed by atoms with E-state index in [9.17, 15) is 48.9 Å². The molecule has 0 aliphatic heterocycles. The third-order valence-electron chi connectivity index (χ3n) is 8.94. The van der Waals surface area contributed by atoms with Gasteiger partial charge >= 0.3 is 23.4 Å². The number of nitrogens with one attached hydrogen (secondary N) is 6. The minimum Gasteiger partial charge on any atom is -0.480 e. The molecule has 0 spiro atoms. The Balaban J connectivity index is 1.61. The lowest BCUT2D eigenvalue weighted by Gasteiger charge is -2.23. The van der Waals surface area contributed by atoms with Gasteiger partial charge in [0.05, 0.1) is 22.2 Å². The molecule has 0 saturated heterocycles. The maximum Gasteiger partial charge on any atom is 0.326 e. The summed E-state index contributed by atoms with van der Waals surface area (Å²) in [6.07, 6.45) is 6.72. The lowest BCUT2D eigenvalue weighted by atomic mass is 10.1. The molecule has 0 aliphatic carbocycles. The van der Waals surface area contributed by atoms with Crippen molar-refractivity contribution in [1.82, 2.24) is 40.5 Å². The van der Waals surface area contributed by atoms with Crippen LogP contribution in [0.3, 0.4) is 0 Å². The number of hydrogen-bond acceptors (Lipinski definition) is 17. The Hall–Kier alpha value is -6.79. The fourth-order valence-electron chi connectivity index (χ4n) is 5.86. The Morgan fingerprint density at radius 3 is 1.97 bits per heavy atom. The van der Waals surface area contributed by atoms with Crippen molar-refractivity contribution >= 4 is 58.8 Å². The van der Waals surface area contributed by atoms with E-state index in [1.54, 1.807) is 6.20 Å². The number of carboxylic acids is 1. The van der Waals surface area contributed by atoms with Crippen LogP contribution in [0.2, 0.25) is 0 Å². The quantitative estimate of drug-likeness (QED) is 0.0188. The molecule has 0 radical (unpaired) electrons. The lowest BCUT2D eigenvalue weighted by Crippen LogP contribution is -2.43. The zero-order chi connectivity index (χ0) is 44.4. The van der Waals surface area contributed by atoms with E-state index in [0.717, 1.165) is 19.1 Å². The third-order valence-corrected chi connectivity index (χ3v) is 8.94. The van der Waals surface area contributed by atoms with Crippen LogP contribution in [0.25, 0.3) is 0 Å². The molecule has 0 fully saturated rings. The molecule has 3 aromatic heterocycles. The summed E-state index contributed by atoms with van der Waals surface area (Å²) in [5.41, 5.74) is 5.18. The topological polar surface area (TPSA) is 333 Å². The molecule has 3 rings (SSSR count). The third kappa shape index (κ3) is 18.8. The molecule has 9 N–H and O–H groups in total. The molecule has 0 aliphatic rings. The van der Waals surface area contributed by atoms with Gasteiger partial charge in [-0.2, -0.15) is 0 Å². The number of carbonyl (C=O) groups is 4. The van der Waals surface area contributed by atoms with Gasteiger partial charge in [-0.25, -0.2) is 24.2 Å². The van der Waals surface area contributed by atoms with Crippen LogP contribution in [0, 0.1) is 20.2 Å². The van der Waals surface area contributed by atoms with Gasteiger partial charge in [-0.3, -0.25) is 34.3 Å². The molecule has 0 saturated carbocycles. The number of urea groups is 1. The number of alkyl halides is 1. The van der Waals surface area contributed by atoms with Crippen molar-refractivity contribution in [3.05, 3.63) is 56.4 Å². The highest BCUT2D eigenvalue weighted by molar-refractivity contribution is 5.81. The number of rotatable bonds is 33. The standard InChI is InChI=1S/C36H54FN15O9/c37-14-7-8-26-24-50(48-47-26)25-32(54)41-19-22-49(20-17-39-30-12-10-28(51(58)59)33(45-30)42-15-4-1-2-6-23-53)21-18-40-31-13-11-29(52(60)61)34(46-31)43-16-5-3-9-27(35(55)56)44-36(38)57/h10-13,23-24,27H,1-9,14-22,25H2,(H,41,54)(H,55,56)(H3,38,44,57)(H2,39,42,45)(H2,40,43,46). The first-order chi connectivity index (χ1) is 29.4. The van der Waals surface area contributed by atoms with Crippen molar-refractivity contribution in [1.29, 1.82) is 0 Å². The number of aldehydes is 1. The largest absolute Gasteiger partial charge is 0.480 e. The van der Waals surface area contributed by atoms with E-state index < -0.39 is 34.6 Å². The van der Waals surface area contributed by atoms with Crippen LogP contribution < -0.4 is 37.6 Å². The Bertz CT molecular complexity index is 1890. The second-order valence-corrected chi connectivity index (χ2v) is 13.7. The number of nitrogens with two attached hydrogens (primary N) is 1. The highest BCUT2D eigenvalue weighted by atomic mass is 19.1. The summed E-state index contributed by atoms with van der Waals surface area (Å²) in [4.78, 5) is 78.7. The predicted octanol–water partition coefficient (Wildman–Crippen LogP) is 2.30. The SMILES string of the molecule is NC(=O)NC(CCCCNc1nc(NCCN(CCNC(=O)Cn2cc(CCCF)nn2)CCNc2ccc([N+](=O)[O-])c(NCCCCCC=O)n2)ccc1[N+](=O)[O-])C(=O)O. The van der Waals surface area contributed by atoms with E-state index >= 15 is 0 Å². The molecule has 334 valence electrons. The monoisotopic (exact) mass is 859 g/mol. The minimum atomic E-state index is -1.23. The summed E-state index contributed by atoms with van der Waals surface area (Å²) in [7, 11) is 0. The Morgan fingerprint density at radius 2 is 1.43 bits per heavy atom. The van der Waals surface area contributed by atoms with E-state index in [-0.39, 0.29) is 55.0 Å². The van der Waals surface area contributed by atoms with E-state index in [0.29, 0.717) is 95.1 Å². The number of unbranched alkanes of at least 4 members (excludes halogenated alkanes) is 4. The predicted molar refractivity (Wildman–Crippen MR) is 222 cm³/mol. The van der Waals surface area contributed by atoms with E-state index in [1.807, 2.05) is 4.90 Å². The van der Waals surface area contributed by atoms with Crippen molar-refractivity contribution < 1.29 is 38.5 Å². The first kappa shape index (κ1) is 48.6. The molecular formula is C36H54FN15O9. The summed E-state index contributed by atoms with van der Waals surface area (Å²) in [5, 5.41) is 57.8. The summed E-state index contributed by atoms with van der Waals surface area (Å²) >= 11 is 0. The average molecular weight is 860 g/mol. The molecule has 3 amide bonds. The first-order valence-corrected chi connectivity index (χ1v) is 19.8. The normalized spacial score (nSPS) is 11.4. The van der Waals surface area contributed by atoms with Gasteiger partial charge in [0.2, 0.25) is 17.5 Å². The number of nitro groups is 2. The van der Waals surface area contributed by atoms with Gasteiger partial charge in [0.1, 0.15) is 30.5 Å². The van der Waals surface area contributed by atoms with E-state index in [2.05, 4.69) is 52.2 Å². The molecule has 1 atom stereocenters. The Labute approximate surface area is 350 Å². The van der Waals surface area contributed by atoms with Gasteiger partial charge in [-0.1, -0.05) is 11.6 Å². The summed E-state index contributed by atoms with van der Waals surface area (Å²) in [6, 6.07) is 3.52. The zero-order valence-electron chi connectivity index (χ0n) is 33.7. The van der Waals surface area contributed by atoms with Crippen LogP contribution in [0.1, 0.15) is 57.1 Å². The Morgan fingerprint density at radius 1 is 0.836 bits per heavy atom. The summed E-state index contributed by atoms with van der Waals surface area (Å²) in [6.45, 7) is 2.32. The highest BCUT2D eigenvalue weighted by Crippen LogP contribution is 2.25. The number of nitrogens with zero attached hydrogens (tertiary/aromatic N) is 8. The fourth-order valence-corrected chi connectivity index (χ4v) is 5.86. The molecule has 1 unspecified atom stereocenters. The van der Waals surface area contributed by atoms with Gasteiger partial charge in [-0.05, 0) is 57.1 Å². The van der Waals surface area contributed by atoms with E-state index in [1.165, 1.54) is 28.9 Å². The van der Waals surface area contributed by atoms with Crippen LogP contribution in [-0.2, 0) is 27.3 Å². The van der Waals surface area contributed by atoms with E-state index in [4.69, 9.17) is 5.73 Å². The van der Waals surface area contributed by atoms with Crippen LogP contribution in [0.5, 0.6) is 0 Å². The number of hydrogen-bond donors (Lipinski definition) is 8. The van der Waals surface area contributed by atoms with Crippen molar-refractivity contribution in [2.24, 2.45) is 5.73 Å². The molecule has 3 aromatic rings. The number of carbonyl (C=O) groups excluding carboxylic acids is 3. The molecule has 25 heteroatoms. The second-order valence-electron chi connectivity index (χ2n) is 13.7. The number of halogens is 1. The summed E-state index contributed by atoms with van der Waals surface area (Å²) < 4.78 is 13.9. The number of primary amides is 1. The number of carboxylic acid groups (broad SMARTS) is 1. The average Bonchev–Trinajstić information content (AvgIpc) is 3.67.